The van der Waals surface area contributed by atoms with E-state index in [2.05, 4.69) is 26.1 Å². The zero-order valence-corrected chi connectivity index (χ0v) is 20.6. The third-order valence-corrected chi connectivity index (χ3v) is 7.84. The Morgan fingerprint density at radius 2 is 1.82 bits per heavy atom. The van der Waals surface area contributed by atoms with E-state index in [-0.39, 0.29) is 16.5 Å². The Hall–Kier alpha value is -3.21. The molecular weight excluding hydrogens is 538 g/mol. The van der Waals surface area contributed by atoms with E-state index < -0.39 is 17.7 Å². The Morgan fingerprint density at radius 1 is 1.06 bits per heavy atom. The summed E-state index contributed by atoms with van der Waals surface area (Å²) in [6, 6.07) is 19.1. The molecule has 0 spiro atoms. The summed E-state index contributed by atoms with van der Waals surface area (Å²) in [6.07, 6.45) is 1.45. The van der Waals surface area contributed by atoms with Crippen molar-refractivity contribution < 1.29 is 19.1 Å². The van der Waals surface area contributed by atoms with Crippen molar-refractivity contribution in [1.82, 2.24) is 10.2 Å². The van der Waals surface area contributed by atoms with Gasteiger partial charge in [0, 0.05) is 15.8 Å². The summed E-state index contributed by atoms with van der Waals surface area (Å²) < 4.78 is 7.05. The number of thioether (sulfide) groups is 1. The third kappa shape index (κ3) is 4.31. The number of nitrogens with zero attached hydrogens (tertiary/aromatic N) is 3. The van der Waals surface area contributed by atoms with E-state index in [4.69, 9.17) is 4.42 Å². The smallest absolute Gasteiger partial charge is 0.302 e. The predicted molar refractivity (Wildman–Crippen MR) is 134 cm³/mol. The van der Waals surface area contributed by atoms with E-state index in [1.165, 1.54) is 34.3 Å². The number of furan rings is 1. The van der Waals surface area contributed by atoms with Crippen LogP contribution in [0.3, 0.4) is 0 Å². The van der Waals surface area contributed by atoms with Gasteiger partial charge >= 0.3 is 5.91 Å². The summed E-state index contributed by atoms with van der Waals surface area (Å²) in [5.41, 5.74) is 1.49. The number of ketones is 1. The summed E-state index contributed by atoms with van der Waals surface area (Å²) >= 11 is 6.06. The van der Waals surface area contributed by atoms with Gasteiger partial charge in [0.2, 0.25) is 5.13 Å². The normalized spacial score (nSPS) is 17.4. The molecule has 2 aromatic carbocycles. The van der Waals surface area contributed by atoms with Crippen molar-refractivity contribution in [2.75, 3.05) is 4.90 Å². The van der Waals surface area contributed by atoms with Crippen molar-refractivity contribution in [3.8, 4) is 0 Å². The van der Waals surface area contributed by atoms with Crippen LogP contribution in [0.1, 0.15) is 22.9 Å². The first-order valence-corrected chi connectivity index (χ1v) is 12.7. The van der Waals surface area contributed by atoms with E-state index in [1.807, 2.05) is 30.3 Å². The Bertz CT molecular complexity index is 1370. The van der Waals surface area contributed by atoms with Crippen LogP contribution in [0, 0.1) is 0 Å². The Labute approximate surface area is 211 Å². The lowest BCUT2D eigenvalue weighted by Gasteiger charge is -2.20. The highest BCUT2D eigenvalue weighted by Crippen LogP contribution is 2.44. The number of aromatic nitrogens is 2. The highest BCUT2D eigenvalue weighted by atomic mass is 79.9. The van der Waals surface area contributed by atoms with E-state index >= 15 is 0 Å². The summed E-state index contributed by atoms with van der Waals surface area (Å²) in [5.74, 6) is -0.852. The summed E-state index contributed by atoms with van der Waals surface area (Å²) in [5, 5.41) is 19.7. The zero-order valence-electron chi connectivity index (χ0n) is 17.4. The molecule has 170 valence electrons. The molecule has 2 aromatic heterocycles. The molecule has 34 heavy (non-hydrogen) atoms. The van der Waals surface area contributed by atoms with Gasteiger partial charge in [0.05, 0.1) is 11.8 Å². The van der Waals surface area contributed by atoms with Crippen molar-refractivity contribution in [3.63, 3.8) is 0 Å². The van der Waals surface area contributed by atoms with Gasteiger partial charge in [-0.15, -0.1) is 10.2 Å². The largest absolute Gasteiger partial charge is 0.507 e. The van der Waals surface area contributed by atoms with Crippen molar-refractivity contribution in [2.24, 2.45) is 0 Å². The molecule has 5 rings (SSSR count). The molecule has 0 radical (unpaired) electrons. The second kappa shape index (κ2) is 9.57. The average Bonchev–Trinajstić information content (AvgIpc) is 3.59. The topological polar surface area (TPSA) is 96.5 Å². The van der Waals surface area contributed by atoms with E-state index in [0.717, 1.165) is 10.0 Å². The lowest BCUT2D eigenvalue weighted by atomic mass is 9.99. The SMILES string of the molecule is O=C1C(=O)N(c2nnc(SCc3ccccc3)s2)C(c2ccco2)/C1=C(/O)c1ccc(Br)cc1. The van der Waals surface area contributed by atoms with Gasteiger partial charge in [0.15, 0.2) is 4.34 Å². The Morgan fingerprint density at radius 3 is 2.53 bits per heavy atom. The number of anilines is 1. The van der Waals surface area contributed by atoms with Gasteiger partial charge in [-0.1, -0.05) is 81.5 Å². The molecule has 4 aromatic rings. The van der Waals surface area contributed by atoms with Crippen LogP contribution in [0.15, 0.2) is 91.8 Å². The Balaban J connectivity index is 1.51. The molecule has 0 saturated carbocycles. The van der Waals surface area contributed by atoms with Gasteiger partial charge in [-0.3, -0.25) is 14.5 Å². The predicted octanol–water partition coefficient (Wildman–Crippen LogP) is 5.81. The van der Waals surface area contributed by atoms with Crippen molar-refractivity contribution in [2.45, 2.75) is 16.1 Å². The maximum atomic E-state index is 13.1. The number of halogens is 1. The molecule has 0 bridgehead atoms. The molecule has 1 fully saturated rings. The molecule has 3 heterocycles. The number of rotatable bonds is 6. The summed E-state index contributed by atoms with van der Waals surface area (Å²) in [6.45, 7) is 0. The minimum Gasteiger partial charge on any atom is -0.507 e. The van der Waals surface area contributed by atoms with Crippen molar-refractivity contribution >= 4 is 61.6 Å². The van der Waals surface area contributed by atoms with Gasteiger partial charge in [-0.2, -0.15) is 0 Å². The van der Waals surface area contributed by atoms with Gasteiger partial charge < -0.3 is 9.52 Å². The van der Waals surface area contributed by atoms with Crippen LogP contribution in [-0.2, 0) is 15.3 Å². The molecule has 0 aliphatic carbocycles. The minimum absolute atomic E-state index is 0.0593. The highest BCUT2D eigenvalue weighted by Gasteiger charge is 2.49. The molecule has 1 aliphatic rings. The molecule has 1 unspecified atom stereocenters. The lowest BCUT2D eigenvalue weighted by molar-refractivity contribution is -0.132. The number of Topliss-reactive ketones (excluding diaryl/α,β-unsaturated/α-hetero) is 1. The fourth-order valence-electron chi connectivity index (χ4n) is 3.59. The monoisotopic (exact) mass is 553 g/mol. The molecule has 1 aliphatic heterocycles. The first kappa shape index (κ1) is 22.6. The second-order valence-corrected chi connectivity index (χ2v) is 10.4. The molecule has 1 saturated heterocycles. The van der Waals surface area contributed by atoms with Crippen LogP contribution in [-0.4, -0.2) is 27.0 Å². The van der Waals surface area contributed by atoms with Gasteiger partial charge in [-0.25, -0.2) is 0 Å². The summed E-state index contributed by atoms with van der Waals surface area (Å²) in [7, 11) is 0. The highest BCUT2D eigenvalue weighted by molar-refractivity contribution is 9.10. The van der Waals surface area contributed by atoms with Gasteiger partial charge in [0.1, 0.15) is 17.6 Å². The van der Waals surface area contributed by atoms with Crippen LogP contribution in [0.5, 0.6) is 0 Å². The van der Waals surface area contributed by atoms with Gasteiger partial charge in [0.25, 0.3) is 5.78 Å². The number of aliphatic hydroxyl groups is 1. The maximum Gasteiger partial charge on any atom is 0.302 e. The number of carbonyl (C=O) groups excluding carboxylic acids is 2. The van der Waals surface area contributed by atoms with Crippen LogP contribution in [0.2, 0.25) is 0 Å². The number of hydrogen-bond donors (Lipinski definition) is 1. The Kier molecular flexibility index (Phi) is 6.36. The number of amides is 1. The maximum absolute atomic E-state index is 13.1. The summed E-state index contributed by atoms with van der Waals surface area (Å²) in [4.78, 5) is 27.4. The van der Waals surface area contributed by atoms with Crippen LogP contribution >= 0.6 is 39.0 Å². The van der Waals surface area contributed by atoms with Crippen molar-refractivity contribution in [1.29, 1.82) is 0 Å². The second-order valence-electron chi connectivity index (χ2n) is 7.32. The molecule has 1 atom stereocenters. The number of carbonyl (C=O) groups is 2. The average molecular weight is 554 g/mol. The lowest BCUT2D eigenvalue weighted by Crippen LogP contribution is -2.29. The van der Waals surface area contributed by atoms with E-state index in [0.29, 0.717) is 21.4 Å². The van der Waals surface area contributed by atoms with E-state index in [9.17, 15) is 14.7 Å². The van der Waals surface area contributed by atoms with E-state index in [1.54, 1.807) is 36.4 Å². The fourth-order valence-corrected chi connectivity index (χ4v) is 5.67. The standard InChI is InChI=1S/C24H16BrN3O4S2/c25-16-10-8-15(9-11-16)20(29)18-19(17-7-4-12-32-17)28(22(31)21(18)30)23-26-27-24(34-23)33-13-14-5-2-1-3-6-14/h1-12,19,29H,13H2/b20-18-. The zero-order chi connectivity index (χ0) is 23.7. The number of aliphatic hydroxyl groups excluding tert-OH is 1. The first-order chi connectivity index (χ1) is 16.5. The molecule has 1 N–H and O–H groups in total. The number of benzene rings is 2. The fraction of sp³-hybridized carbons (Fsp3) is 0.0833. The molecule has 7 nitrogen and oxygen atoms in total. The number of hydrogen-bond acceptors (Lipinski definition) is 8. The quantitative estimate of drug-likeness (QED) is 0.106. The molecular formula is C24H16BrN3O4S2. The molecule has 1 amide bonds. The molecule has 10 heteroatoms. The van der Waals surface area contributed by atoms with Gasteiger partial charge in [-0.05, 0) is 29.8 Å². The third-order valence-electron chi connectivity index (χ3n) is 5.18. The first-order valence-electron chi connectivity index (χ1n) is 10.1. The van der Waals surface area contributed by atoms with Crippen molar-refractivity contribution in [3.05, 3.63) is 99.9 Å². The van der Waals surface area contributed by atoms with Crippen LogP contribution in [0.25, 0.3) is 5.76 Å². The van der Waals surface area contributed by atoms with Crippen LogP contribution in [0.4, 0.5) is 5.13 Å². The van der Waals surface area contributed by atoms with Crippen LogP contribution < -0.4 is 4.90 Å². The minimum atomic E-state index is -0.960.